The molecule has 0 aromatic heterocycles. The lowest BCUT2D eigenvalue weighted by atomic mass is 10.4. The molecule has 7 heteroatoms. The summed E-state index contributed by atoms with van der Waals surface area (Å²) in [5, 5.41) is 5.63. The third kappa shape index (κ3) is 4.07. The molecule has 1 rings (SSSR count). The van der Waals surface area contributed by atoms with Gasteiger partial charge < -0.3 is 10.6 Å². The van der Waals surface area contributed by atoms with Crippen LogP contribution in [0.3, 0.4) is 0 Å². The predicted octanol–water partition coefficient (Wildman–Crippen LogP) is -1.25. The Labute approximate surface area is 96.4 Å². The van der Waals surface area contributed by atoms with E-state index in [9.17, 15) is 13.2 Å². The minimum Gasteiger partial charge on any atom is -0.355 e. The molecular formula is C9H19N3O3S. The molecule has 1 aliphatic rings. The van der Waals surface area contributed by atoms with Crippen LogP contribution in [0.25, 0.3) is 0 Å². The summed E-state index contributed by atoms with van der Waals surface area (Å²) < 4.78 is 25.1. The first kappa shape index (κ1) is 13.4. The number of sulfonamides is 1. The van der Waals surface area contributed by atoms with Gasteiger partial charge in [0.15, 0.2) is 0 Å². The quantitative estimate of drug-likeness (QED) is 0.597. The summed E-state index contributed by atoms with van der Waals surface area (Å²) >= 11 is 0. The molecule has 1 fully saturated rings. The maximum Gasteiger partial charge on any atom is 0.221 e. The van der Waals surface area contributed by atoms with Gasteiger partial charge in [-0.3, -0.25) is 4.79 Å². The van der Waals surface area contributed by atoms with Crippen molar-refractivity contribution >= 4 is 15.9 Å². The van der Waals surface area contributed by atoms with Gasteiger partial charge in [-0.1, -0.05) is 6.92 Å². The molecule has 0 aliphatic carbocycles. The molecule has 0 unspecified atom stereocenters. The topological polar surface area (TPSA) is 78.5 Å². The normalized spacial score (nSPS) is 19.2. The monoisotopic (exact) mass is 249 g/mol. The second-order valence-corrected chi connectivity index (χ2v) is 5.76. The molecule has 0 spiro atoms. The van der Waals surface area contributed by atoms with E-state index in [1.807, 2.05) is 6.92 Å². The number of carbonyl (C=O) groups excluding carboxylic acids is 1. The van der Waals surface area contributed by atoms with Crippen LogP contribution in [-0.4, -0.2) is 57.1 Å². The Kier molecular flexibility index (Phi) is 5.17. The number of nitrogens with one attached hydrogen (secondary N) is 2. The van der Waals surface area contributed by atoms with Crippen molar-refractivity contribution in [3.63, 3.8) is 0 Å². The van der Waals surface area contributed by atoms with Gasteiger partial charge in [-0.25, -0.2) is 8.42 Å². The molecule has 1 saturated heterocycles. The van der Waals surface area contributed by atoms with Crippen LogP contribution in [0.2, 0.25) is 0 Å². The standard InChI is InChI=1S/C9H19N3O3S/c1-2-10-5-8-16(14,15)12-6-3-9(13)11-4-7-12/h10H,2-8H2,1H3,(H,11,13). The average Bonchev–Trinajstić information content (AvgIpc) is 2.43. The highest BCUT2D eigenvalue weighted by Crippen LogP contribution is 2.04. The third-order valence-electron chi connectivity index (χ3n) is 2.45. The maximum absolute atomic E-state index is 11.9. The van der Waals surface area contributed by atoms with Gasteiger partial charge >= 0.3 is 0 Å². The SMILES string of the molecule is CCNCCS(=O)(=O)N1CCNC(=O)CC1. The Hall–Kier alpha value is -0.660. The number of hydrogen-bond donors (Lipinski definition) is 2. The number of amides is 1. The zero-order chi connectivity index (χ0) is 12.0. The Morgan fingerprint density at radius 2 is 2.19 bits per heavy atom. The summed E-state index contributed by atoms with van der Waals surface area (Å²) in [4.78, 5) is 11.1. The zero-order valence-electron chi connectivity index (χ0n) is 9.53. The molecule has 0 aromatic carbocycles. The second kappa shape index (κ2) is 6.17. The second-order valence-electron chi connectivity index (χ2n) is 3.67. The average molecular weight is 249 g/mol. The van der Waals surface area contributed by atoms with Crippen LogP contribution in [0.5, 0.6) is 0 Å². The van der Waals surface area contributed by atoms with Gasteiger partial charge in [0.1, 0.15) is 0 Å². The number of nitrogens with zero attached hydrogens (tertiary/aromatic N) is 1. The molecule has 0 atom stereocenters. The van der Waals surface area contributed by atoms with Crippen molar-refractivity contribution in [1.29, 1.82) is 0 Å². The minimum absolute atomic E-state index is 0.0793. The van der Waals surface area contributed by atoms with Crippen molar-refractivity contribution in [1.82, 2.24) is 14.9 Å². The van der Waals surface area contributed by atoms with E-state index in [-0.39, 0.29) is 18.1 Å². The zero-order valence-corrected chi connectivity index (χ0v) is 10.3. The molecule has 1 aliphatic heterocycles. The van der Waals surface area contributed by atoms with Crippen molar-refractivity contribution < 1.29 is 13.2 Å². The smallest absolute Gasteiger partial charge is 0.221 e. The van der Waals surface area contributed by atoms with Crippen LogP contribution < -0.4 is 10.6 Å². The first-order valence-corrected chi connectivity index (χ1v) is 7.12. The van der Waals surface area contributed by atoms with E-state index in [4.69, 9.17) is 0 Å². The van der Waals surface area contributed by atoms with Gasteiger partial charge in [-0.05, 0) is 6.54 Å². The van der Waals surface area contributed by atoms with Crippen molar-refractivity contribution in [2.24, 2.45) is 0 Å². The van der Waals surface area contributed by atoms with E-state index in [0.717, 1.165) is 6.54 Å². The van der Waals surface area contributed by atoms with Gasteiger partial charge in [-0.15, -0.1) is 0 Å². The Morgan fingerprint density at radius 3 is 2.88 bits per heavy atom. The van der Waals surface area contributed by atoms with E-state index in [0.29, 0.717) is 26.2 Å². The third-order valence-corrected chi connectivity index (χ3v) is 4.32. The van der Waals surface area contributed by atoms with E-state index >= 15 is 0 Å². The van der Waals surface area contributed by atoms with Gasteiger partial charge in [-0.2, -0.15) is 4.31 Å². The summed E-state index contributed by atoms with van der Waals surface area (Å²) in [7, 11) is -3.22. The van der Waals surface area contributed by atoms with E-state index in [1.165, 1.54) is 4.31 Å². The fraction of sp³-hybridized carbons (Fsp3) is 0.889. The minimum atomic E-state index is -3.22. The van der Waals surface area contributed by atoms with E-state index < -0.39 is 10.0 Å². The summed E-state index contributed by atoms with van der Waals surface area (Å²) in [6, 6.07) is 0. The summed E-state index contributed by atoms with van der Waals surface area (Å²) in [5.74, 6) is 0.0130. The first-order chi connectivity index (χ1) is 7.56. The van der Waals surface area contributed by atoms with Crippen molar-refractivity contribution in [2.45, 2.75) is 13.3 Å². The molecular weight excluding hydrogens is 230 g/mol. The maximum atomic E-state index is 11.9. The van der Waals surface area contributed by atoms with Crippen molar-refractivity contribution in [2.75, 3.05) is 38.5 Å². The van der Waals surface area contributed by atoms with E-state index in [2.05, 4.69) is 10.6 Å². The van der Waals surface area contributed by atoms with Gasteiger partial charge in [0, 0.05) is 32.6 Å². The van der Waals surface area contributed by atoms with Gasteiger partial charge in [0.2, 0.25) is 15.9 Å². The van der Waals surface area contributed by atoms with Crippen LogP contribution in [-0.2, 0) is 14.8 Å². The lowest BCUT2D eigenvalue weighted by Gasteiger charge is -2.19. The largest absolute Gasteiger partial charge is 0.355 e. The molecule has 0 saturated carbocycles. The predicted molar refractivity (Wildman–Crippen MR) is 61.5 cm³/mol. The first-order valence-electron chi connectivity index (χ1n) is 5.51. The fourth-order valence-corrected chi connectivity index (χ4v) is 2.93. The fourth-order valence-electron chi connectivity index (χ4n) is 1.53. The van der Waals surface area contributed by atoms with Crippen LogP contribution in [0, 0.1) is 0 Å². The highest BCUT2D eigenvalue weighted by atomic mass is 32.2. The van der Waals surface area contributed by atoms with Crippen LogP contribution in [0.4, 0.5) is 0 Å². The molecule has 16 heavy (non-hydrogen) atoms. The molecule has 1 amide bonds. The molecule has 6 nitrogen and oxygen atoms in total. The molecule has 0 bridgehead atoms. The number of carbonyl (C=O) groups is 1. The van der Waals surface area contributed by atoms with Crippen LogP contribution >= 0.6 is 0 Å². The molecule has 0 radical (unpaired) electrons. The molecule has 1 heterocycles. The highest BCUT2D eigenvalue weighted by molar-refractivity contribution is 7.89. The van der Waals surface area contributed by atoms with Crippen LogP contribution in [0.15, 0.2) is 0 Å². The van der Waals surface area contributed by atoms with Crippen molar-refractivity contribution in [3.8, 4) is 0 Å². The van der Waals surface area contributed by atoms with Gasteiger partial charge in [0.25, 0.3) is 0 Å². The summed E-state index contributed by atoms with van der Waals surface area (Å²) in [6.45, 7) is 4.22. The number of hydrogen-bond acceptors (Lipinski definition) is 4. The molecule has 94 valence electrons. The highest BCUT2D eigenvalue weighted by Gasteiger charge is 2.24. The van der Waals surface area contributed by atoms with Crippen molar-refractivity contribution in [3.05, 3.63) is 0 Å². The lowest BCUT2D eigenvalue weighted by Crippen LogP contribution is -2.38. The van der Waals surface area contributed by atoms with E-state index in [1.54, 1.807) is 0 Å². The Morgan fingerprint density at radius 1 is 1.44 bits per heavy atom. The lowest BCUT2D eigenvalue weighted by molar-refractivity contribution is -0.120. The summed E-state index contributed by atoms with van der Waals surface area (Å²) in [5.41, 5.74) is 0. The molecule has 0 aromatic rings. The Balaban J connectivity index is 2.50. The molecule has 2 N–H and O–H groups in total. The number of rotatable bonds is 5. The summed E-state index contributed by atoms with van der Waals surface area (Å²) in [6.07, 6.45) is 0.250. The van der Waals surface area contributed by atoms with Gasteiger partial charge in [0.05, 0.1) is 5.75 Å². The Bertz CT molecular complexity index is 329. The van der Waals surface area contributed by atoms with Crippen LogP contribution in [0.1, 0.15) is 13.3 Å².